The molecule has 1 aliphatic rings. The number of fused-ring (bicyclic) bond motifs is 1. The van der Waals surface area contributed by atoms with Crippen LogP contribution in [0.3, 0.4) is 0 Å². The van der Waals surface area contributed by atoms with Crippen molar-refractivity contribution in [1.82, 2.24) is 10.2 Å². The SMILES string of the molecule is Cc1cc(NS(=O)(=O)c2cc3c(cc2Br)NC(=O)C3)n[nH]1. The van der Waals surface area contributed by atoms with Crippen LogP contribution in [0.1, 0.15) is 11.3 Å². The Bertz CT molecular complexity index is 844. The topological polar surface area (TPSA) is 104 Å². The van der Waals surface area contributed by atoms with E-state index in [2.05, 4.69) is 36.2 Å². The van der Waals surface area contributed by atoms with Crippen molar-refractivity contribution in [1.29, 1.82) is 0 Å². The van der Waals surface area contributed by atoms with E-state index in [9.17, 15) is 13.2 Å². The molecule has 2 heterocycles. The quantitative estimate of drug-likeness (QED) is 0.765. The summed E-state index contributed by atoms with van der Waals surface area (Å²) in [6.45, 7) is 1.77. The summed E-state index contributed by atoms with van der Waals surface area (Å²) in [5, 5.41) is 9.17. The van der Waals surface area contributed by atoms with Crippen LogP contribution < -0.4 is 10.0 Å². The van der Waals surface area contributed by atoms with Crippen LogP contribution in [0.5, 0.6) is 0 Å². The van der Waals surface area contributed by atoms with Gasteiger partial charge < -0.3 is 5.32 Å². The first-order valence-electron chi connectivity index (χ1n) is 6.02. The van der Waals surface area contributed by atoms with Crippen LogP contribution in [0.2, 0.25) is 0 Å². The minimum absolute atomic E-state index is 0.0680. The molecule has 0 atom stereocenters. The van der Waals surface area contributed by atoms with Crippen LogP contribution >= 0.6 is 15.9 Å². The van der Waals surface area contributed by atoms with E-state index in [0.29, 0.717) is 15.7 Å². The van der Waals surface area contributed by atoms with Gasteiger partial charge in [0.25, 0.3) is 10.0 Å². The van der Waals surface area contributed by atoms with Crippen LogP contribution in [0.15, 0.2) is 27.6 Å². The van der Waals surface area contributed by atoms with Crippen LogP contribution in [0, 0.1) is 6.92 Å². The zero-order chi connectivity index (χ0) is 15.2. The number of amides is 1. The van der Waals surface area contributed by atoms with E-state index in [1.807, 2.05) is 0 Å². The number of sulfonamides is 1. The number of anilines is 2. The molecule has 0 spiro atoms. The average Bonchev–Trinajstić information content (AvgIpc) is 2.92. The highest BCUT2D eigenvalue weighted by Crippen LogP contribution is 2.33. The van der Waals surface area contributed by atoms with Crippen LogP contribution in [-0.4, -0.2) is 24.5 Å². The third-order valence-electron chi connectivity index (χ3n) is 3.02. The maximum atomic E-state index is 12.4. The number of nitrogens with one attached hydrogen (secondary N) is 3. The van der Waals surface area contributed by atoms with Gasteiger partial charge in [0.2, 0.25) is 5.91 Å². The first-order valence-corrected chi connectivity index (χ1v) is 8.30. The fraction of sp³-hybridized carbons (Fsp3) is 0.167. The highest BCUT2D eigenvalue weighted by Gasteiger charge is 2.25. The van der Waals surface area contributed by atoms with Crippen molar-refractivity contribution >= 4 is 43.4 Å². The predicted molar refractivity (Wildman–Crippen MR) is 80.6 cm³/mol. The summed E-state index contributed by atoms with van der Waals surface area (Å²) in [6, 6.07) is 4.66. The van der Waals surface area contributed by atoms with Gasteiger partial charge in [0.1, 0.15) is 4.90 Å². The highest BCUT2D eigenvalue weighted by atomic mass is 79.9. The summed E-state index contributed by atoms with van der Waals surface area (Å²) < 4.78 is 27.6. The fourth-order valence-corrected chi connectivity index (χ4v) is 4.18. The second-order valence-corrected chi connectivity index (χ2v) is 7.21. The molecule has 0 fully saturated rings. The first-order chi connectivity index (χ1) is 9.85. The zero-order valence-electron chi connectivity index (χ0n) is 10.9. The van der Waals surface area contributed by atoms with E-state index >= 15 is 0 Å². The molecule has 0 saturated carbocycles. The van der Waals surface area contributed by atoms with Gasteiger partial charge in [-0.15, -0.1) is 0 Å². The average molecular weight is 371 g/mol. The number of aryl methyl sites for hydroxylation is 1. The normalized spacial score (nSPS) is 13.9. The molecule has 1 aliphatic heterocycles. The Labute approximate surface area is 129 Å². The van der Waals surface area contributed by atoms with E-state index in [0.717, 1.165) is 5.69 Å². The molecule has 0 radical (unpaired) electrons. The van der Waals surface area contributed by atoms with E-state index in [1.54, 1.807) is 19.1 Å². The molecule has 9 heteroatoms. The summed E-state index contributed by atoms with van der Waals surface area (Å²) in [7, 11) is -3.79. The lowest BCUT2D eigenvalue weighted by Gasteiger charge is -2.09. The van der Waals surface area contributed by atoms with Crippen LogP contribution in [0.4, 0.5) is 11.5 Å². The monoisotopic (exact) mass is 370 g/mol. The number of H-pyrrole nitrogens is 1. The number of carbonyl (C=O) groups is 1. The molecule has 0 aliphatic carbocycles. The van der Waals surface area contributed by atoms with Crippen molar-refractivity contribution in [3.63, 3.8) is 0 Å². The molecule has 1 amide bonds. The molecule has 21 heavy (non-hydrogen) atoms. The van der Waals surface area contributed by atoms with E-state index in [4.69, 9.17) is 0 Å². The van der Waals surface area contributed by atoms with Gasteiger partial charge in [0, 0.05) is 21.9 Å². The second kappa shape index (κ2) is 4.85. The highest BCUT2D eigenvalue weighted by molar-refractivity contribution is 9.10. The van der Waals surface area contributed by atoms with E-state index < -0.39 is 10.0 Å². The summed E-state index contributed by atoms with van der Waals surface area (Å²) >= 11 is 3.23. The van der Waals surface area contributed by atoms with E-state index in [-0.39, 0.29) is 23.0 Å². The zero-order valence-corrected chi connectivity index (χ0v) is 13.3. The standard InChI is InChI=1S/C12H11BrN4O3S/c1-6-2-11(16-15-6)17-21(19,20)10-3-7-4-12(18)14-9(7)5-8(10)13/h2-3,5H,4H2,1H3,(H,14,18)(H2,15,16,17). The van der Waals surface area contributed by atoms with Gasteiger partial charge in [-0.05, 0) is 40.5 Å². The number of halogens is 1. The maximum absolute atomic E-state index is 12.4. The Kier molecular flexibility index (Phi) is 3.25. The molecule has 1 aromatic heterocycles. The predicted octanol–water partition coefficient (Wildman–Crippen LogP) is 1.78. The van der Waals surface area contributed by atoms with Crippen molar-refractivity contribution in [2.24, 2.45) is 0 Å². The lowest BCUT2D eigenvalue weighted by Crippen LogP contribution is -2.14. The largest absolute Gasteiger partial charge is 0.325 e. The van der Waals surface area contributed by atoms with Gasteiger partial charge in [-0.2, -0.15) is 5.10 Å². The number of hydrogen-bond donors (Lipinski definition) is 3. The Morgan fingerprint density at radius 3 is 2.76 bits per heavy atom. The van der Waals surface area contributed by atoms with Crippen molar-refractivity contribution in [2.45, 2.75) is 18.2 Å². The number of aromatic amines is 1. The third kappa shape index (κ3) is 2.66. The molecule has 1 aromatic carbocycles. The summed E-state index contributed by atoms with van der Waals surface area (Å²) in [5.74, 6) is 0.0661. The molecular weight excluding hydrogens is 360 g/mol. The van der Waals surface area contributed by atoms with Crippen LogP contribution in [0.25, 0.3) is 0 Å². The molecule has 110 valence electrons. The first kappa shape index (κ1) is 14.1. The summed E-state index contributed by atoms with van der Waals surface area (Å²) in [5.41, 5.74) is 2.03. The molecule has 3 N–H and O–H groups in total. The van der Waals surface area contributed by atoms with Gasteiger partial charge >= 0.3 is 0 Å². The summed E-state index contributed by atoms with van der Waals surface area (Å²) in [6.07, 6.45) is 0.173. The van der Waals surface area contributed by atoms with Crippen molar-refractivity contribution < 1.29 is 13.2 Å². The number of benzene rings is 1. The molecule has 7 nitrogen and oxygen atoms in total. The smallest absolute Gasteiger partial charge is 0.264 e. The fourth-order valence-electron chi connectivity index (χ4n) is 2.09. The molecule has 0 bridgehead atoms. The molecular formula is C12H11BrN4O3S. The summed E-state index contributed by atoms with van der Waals surface area (Å²) in [4.78, 5) is 11.4. The Hall–Kier alpha value is -1.87. The Morgan fingerprint density at radius 1 is 1.33 bits per heavy atom. The number of aromatic nitrogens is 2. The number of rotatable bonds is 3. The third-order valence-corrected chi connectivity index (χ3v) is 5.33. The van der Waals surface area contributed by atoms with Gasteiger partial charge in [-0.1, -0.05) is 0 Å². The van der Waals surface area contributed by atoms with Crippen molar-refractivity contribution in [3.8, 4) is 0 Å². The lowest BCUT2D eigenvalue weighted by molar-refractivity contribution is -0.115. The lowest BCUT2D eigenvalue weighted by atomic mass is 10.2. The van der Waals surface area contributed by atoms with Crippen molar-refractivity contribution in [2.75, 3.05) is 10.0 Å². The molecule has 3 rings (SSSR count). The minimum Gasteiger partial charge on any atom is -0.325 e. The minimum atomic E-state index is -3.79. The van der Waals surface area contributed by atoms with Crippen molar-refractivity contribution in [3.05, 3.63) is 33.9 Å². The van der Waals surface area contributed by atoms with Gasteiger partial charge in [0.15, 0.2) is 5.82 Å². The van der Waals surface area contributed by atoms with Gasteiger partial charge in [0.05, 0.1) is 6.42 Å². The number of hydrogen-bond acceptors (Lipinski definition) is 4. The molecule has 0 unspecified atom stereocenters. The van der Waals surface area contributed by atoms with Gasteiger partial charge in [-0.25, -0.2) is 8.42 Å². The molecule has 2 aromatic rings. The van der Waals surface area contributed by atoms with Gasteiger partial charge in [-0.3, -0.25) is 14.6 Å². The maximum Gasteiger partial charge on any atom is 0.264 e. The number of carbonyl (C=O) groups excluding carboxylic acids is 1. The Morgan fingerprint density at radius 2 is 2.10 bits per heavy atom. The molecule has 0 saturated heterocycles. The van der Waals surface area contributed by atoms with E-state index in [1.165, 1.54) is 6.07 Å². The second-order valence-electron chi connectivity index (χ2n) is 4.71. The number of nitrogens with zero attached hydrogens (tertiary/aromatic N) is 1. The van der Waals surface area contributed by atoms with Crippen LogP contribution in [-0.2, 0) is 21.2 Å². The Balaban J connectivity index is 2.00.